The van der Waals surface area contributed by atoms with Crippen LogP contribution in [0.1, 0.15) is 31.4 Å². The summed E-state index contributed by atoms with van der Waals surface area (Å²) in [5, 5.41) is 9.15. The molecule has 8 heteroatoms. The fourth-order valence-corrected chi connectivity index (χ4v) is 3.79. The van der Waals surface area contributed by atoms with Gasteiger partial charge in [0.2, 0.25) is 18.6 Å². The van der Waals surface area contributed by atoms with E-state index in [2.05, 4.69) is 28.1 Å². The van der Waals surface area contributed by atoms with Gasteiger partial charge >= 0.3 is 0 Å². The normalized spacial score (nSPS) is 18.2. The van der Waals surface area contributed by atoms with Gasteiger partial charge in [-0.25, -0.2) is 0 Å². The number of nitrogens with one attached hydrogen (secondary N) is 3. The maximum absolute atomic E-state index is 13.0. The van der Waals surface area contributed by atoms with E-state index >= 15 is 0 Å². The van der Waals surface area contributed by atoms with Crippen molar-refractivity contribution in [1.82, 2.24) is 10.6 Å². The minimum atomic E-state index is -0.633. The van der Waals surface area contributed by atoms with Crippen LogP contribution in [-0.4, -0.2) is 30.7 Å². The second kappa shape index (κ2) is 10.0. The number of amides is 2. The van der Waals surface area contributed by atoms with Crippen molar-refractivity contribution in [3.05, 3.63) is 53.6 Å². The number of carbonyl (C=O) groups is 2. The van der Waals surface area contributed by atoms with E-state index in [1.165, 1.54) is 11.1 Å². The predicted octanol–water partition coefficient (Wildman–Crippen LogP) is 3.02. The SMILES string of the molecule is CCC(C)C(NC(=O)C1Cc2ccccc2CN1)C(=O)Nc1ccc2c(c1)OCO2.Cl. The molecule has 2 amide bonds. The highest BCUT2D eigenvalue weighted by atomic mass is 35.5. The van der Waals surface area contributed by atoms with Gasteiger partial charge in [-0.2, -0.15) is 0 Å². The van der Waals surface area contributed by atoms with Gasteiger partial charge in [-0.1, -0.05) is 44.5 Å². The van der Waals surface area contributed by atoms with Gasteiger partial charge < -0.3 is 25.4 Å². The van der Waals surface area contributed by atoms with Gasteiger partial charge in [0.25, 0.3) is 0 Å². The number of benzene rings is 2. The summed E-state index contributed by atoms with van der Waals surface area (Å²) in [5.74, 6) is 0.840. The van der Waals surface area contributed by atoms with E-state index in [-0.39, 0.29) is 43.0 Å². The maximum atomic E-state index is 13.0. The summed E-state index contributed by atoms with van der Waals surface area (Å²) >= 11 is 0. The zero-order chi connectivity index (χ0) is 21.1. The monoisotopic (exact) mass is 445 g/mol. The van der Waals surface area contributed by atoms with Crippen molar-refractivity contribution in [2.24, 2.45) is 5.92 Å². The Labute approximate surface area is 188 Å². The highest BCUT2D eigenvalue weighted by Crippen LogP contribution is 2.34. The minimum absolute atomic E-state index is 0. The van der Waals surface area contributed by atoms with Crippen LogP contribution in [0.5, 0.6) is 11.5 Å². The van der Waals surface area contributed by atoms with Gasteiger partial charge in [0.05, 0.1) is 6.04 Å². The first-order valence-electron chi connectivity index (χ1n) is 10.4. The summed E-state index contributed by atoms with van der Waals surface area (Å²) in [6.07, 6.45) is 1.37. The number of fused-ring (bicyclic) bond motifs is 2. The molecule has 2 aromatic rings. The molecule has 0 saturated carbocycles. The molecule has 3 N–H and O–H groups in total. The predicted molar refractivity (Wildman–Crippen MR) is 121 cm³/mol. The second-order valence-corrected chi connectivity index (χ2v) is 7.84. The molecule has 0 saturated heterocycles. The van der Waals surface area contributed by atoms with E-state index in [0.29, 0.717) is 30.2 Å². The number of hydrogen-bond donors (Lipinski definition) is 3. The lowest BCUT2D eigenvalue weighted by Gasteiger charge is -2.29. The number of rotatable bonds is 6. The Morgan fingerprint density at radius 3 is 2.65 bits per heavy atom. The van der Waals surface area contributed by atoms with Crippen LogP contribution in [-0.2, 0) is 22.6 Å². The zero-order valence-electron chi connectivity index (χ0n) is 17.6. The molecule has 0 aliphatic carbocycles. The number of hydrogen-bond acceptors (Lipinski definition) is 5. The third kappa shape index (κ3) is 5.11. The largest absolute Gasteiger partial charge is 0.454 e. The van der Waals surface area contributed by atoms with Gasteiger partial charge in [-0.3, -0.25) is 9.59 Å². The van der Waals surface area contributed by atoms with E-state index in [1.807, 2.05) is 26.0 Å². The molecule has 3 unspecified atom stereocenters. The Kier molecular flexibility index (Phi) is 7.41. The Morgan fingerprint density at radius 2 is 1.87 bits per heavy atom. The van der Waals surface area contributed by atoms with Crippen LogP contribution >= 0.6 is 12.4 Å². The highest BCUT2D eigenvalue weighted by Gasteiger charge is 2.31. The summed E-state index contributed by atoms with van der Waals surface area (Å²) < 4.78 is 10.7. The van der Waals surface area contributed by atoms with Gasteiger partial charge in [-0.15, -0.1) is 12.4 Å². The van der Waals surface area contributed by atoms with E-state index < -0.39 is 6.04 Å². The number of halogens is 1. The lowest BCUT2D eigenvalue weighted by molar-refractivity contribution is -0.129. The van der Waals surface area contributed by atoms with Crippen molar-refractivity contribution in [3.63, 3.8) is 0 Å². The zero-order valence-corrected chi connectivity index (χ0v) is 18.5. The summed E-state index contributed by atoms with van der Waals surface area (Å²) in [6, 6.07) is 12.4. The Balaban J connectivity index is 0.00000272. The molecule has 0 fully saturated rings. The van der Waals surface area contributed by atoms with E-state index in [0.717, 1.165) is 6.42 Å². The molecule has 2 aromatic carbocycles. The molecule has 166 valence electrons. The molecule has 2 heterocycles. The topological polar surface area (TPSA) is 88.7 Å². The lowest BCUT2D eigenvalue weighted by atomic mass is 9.94. The molecule has 0 spiro atoms. The van der Waals surface area contributed by atoms with Crippen molar-refractivity contribution in [1.29, 1.82) is 0 Å². The molecule has 31 heavy (non-hydrogen) atoms. The third-order valence-corrected chi connectivity index (χ3v) is 5.83. The first-order chi connectivity index (χ1) is 14.5. The average molecular weight is 446 g/mol. The second-order valence-electron chi connectivity index (χ2n) is 7.84. The smallest absolute Gasteiger partial charge is 0.247 e. The van der Waals surface area contributed by atoms with Crippen molar-refractivity contribution < 1.29 is 19.1 Å². The van der Waals surface area contributed by atoms with Gasteiger partial charge in [0, 0.05) is 18.3 Å². The van der Waals surface area contributed by atoms with Crippen molar-refractivity contribution in [2.45, 2.75) is 45.3 Å². The van der Waals surface area contributed by atoms with Crippen LogP contribution in [0.25, 0.3) is 0 Å². The summed E-state index contributed by atoms with van der Waals surface area (Å²) in [5.41, 5.74) is 2.98. The van der Waals surface area contributed by atoms with Gasteiger partial charge in [0.15, 0.2) is 11.5 Å². The first-order valence-corrected chi connectivity index (χ1v) is 10.4. The maximum Gasteiger partial charge on any atom is 0.247 e. The Hall–Kier alpha value is -2.77. The number of anilines is 1. The summed E-state index contributed by atoms with van der Waals surface area (Å²) in [6.45, 7) is 4.79. The van der Waals surface area contributed by atoms with Gasteiger partial charge in [-0.05, 0) is 35.6 Å². The van der Waals surface area contributed by atoms with Crippen LogP contribution in [0.3, 0.4) is 0 Å². The van der Waals surface area contributed by atoms with E-state index in [1.54, 1.807) is 18.2 Å². The molecule has 3 atom stereocenters. The van der Waals surface area contributed by atoms with E-state index in [9.17, 15) is 9.59 Å². The summed E-state index contributed by atoms with van der Waals surface area (Å²) in [4.78, 5) is 26.0. The fraction of sp³-hybridized carbons (Fsp3) is 0.391. The molecule has 4 rings (SSSR count). The van der Waals surface area contributed by atoms with Crippen LogP contribution in [0.4, 0.5) is 5.69 Å². The Bertz CT molecular complexity index is 952. The molecule has 2 aliphatic heterocycles. The van der Waals surface area contributed by atoms with Crippen molar-refractivity contribution >= 4 is 29.9 Å². The fourth-order valence-electron chi connectivity index (χ4n) is 3.79. The molecule has 0 radical (unpaired) electrons. The minimum Gasteiger partial charge on any atom is -0.454 e. The average Bonchev–Trinajstić information content (AvgIpc) is 3.24. The quantitative estimate of drug-likeness (QED) is 0.636. The van der Waals surface area contributed by atoms with Crippen LogP contribution in [0.2, 0.25) is 0 Å². The molecule has 2 aliphatic rings. The molecular formula is C23H28ClN3O4. The number of ether oxygens (including phenoxy) is 2. The van der Waals surface area contributed by atoms with Crippen LogP contribution in [0, 0.1) is 5.92 Å². The third-order valence-electron chi connectivity index (χ3n) is 5.83. The molecule has 0 bridgehead atoms. The standard InChI is InChI=1S/C23H27N3O4.ClH/c1-3-14(2)21(23(28)25-17-8-9-19-20(11-17)30-13-29-19)26-22(27)18-10-15-6-4-5-7-16(15)12-24-18;/h4-9,11,14,18,21,24H,3,10,12-13H2,1-2H3,(H,25,28)(H,26,27);1H. The molecule has 7 nitrogen and oxygen atoms in total. The Morgan fingerprint density at radius 1 is 1.13 bits per heavy atom. The highest BCUT2D eigenvalue weighted by molar-refractivity contribution is 5.98. The first kappa shape index (κ1) is 22.9. The van der Waals surface area contributed by atoms with Crippen molar-refractivity contribution in [2.75, 3.05) is 12.1 Å². The van der Waals surface area contributed by atoms with Gasteiger partial charge in [0.1, 0.15) is 6.04 Å². The van der Waals surface area contributed by atoms with Crippen molar-refractivity contribution in [3.8, 4) is 11.5 Å². The van der Waals surface area contributed by atoms with Crippen LogP contribution < -0.4 is 25.4 Å². The number of carbonyl (C=O) groups excluding carboxylic acids is 2. The molecular weight excluding hydrogens is 418 g/mol. The molecule has 0 aromatic heterocycles. The van der Waals surface area contributed by atoms with Crippen LogP contribution in [0.15, 0.2) is 42.5 Å². The lowest BCUT2D eigenvalue weighted by Crippen LogP contribution is -2.55. The van der Waals surface area contributed by atoms with E-state index in [4.69, 9.17) is 9.47 Å². The summed E-state index contributed by atoms with van der Waals surface area (Å²) in [7, 11) is 0.